The molecule has 1 fully saturated rings. The maximum atomic E-state index is 12.7. The number of nitrogens with one attached hydrogen (secondary N) is 2. The van der Waals surface area contributed by atoms with Crippen LogP contribution in [-0.4, -0.2) is 43.8 Å². The van der Waals surface area contributed by atoms with Crippen LogP contribution in [0, 0.1) is 19.3 Å². The summed E-state index contributed by atoms with van der Waals surface area (Å²) in [4.78, 5) is 22.5. The maximum absolute atomic E-state index is 12.7. The monoisotopic (exact) mass is 496 g/mol. The first kappa shape index (κ1) is 22.9. The van der Waals surface area contributed by atoms with Gasteiger partial charge in [-0.2, -0.15) is 5.10 Å². The number of aliphatic hydroxyl groups is 1. The number of aliphatic hydroxyl groups excluding tert-OH is 1. The minimum absolute atomic E-state index is 0.0780. The van der Waals surface area contributed by atoms with Gasteiger partial charge in [0.25, 0.3) is 5.91 Å². The van der Waals surface area contributed by atoms with E-state index in [0.717, 1.165) is 55.9 Å². The fourth-order valence-corrected chi connectivity index (χ4v) is 5.55. The first-order valence-corrected chi connectivity index (χ1v) is 12.3. The number of halogens is 1. The molecule has 5 rings (SSSR count). The summed E-state index contributed by atoms with van der Waals surface area (Å²) in [5.41, 5.74) is 3.97. The number of anilines is 1. The van der Waals surface area contributed by atoms with Crippen molar-refractivity contribution in [2.75, 3.05) is 11.9 Å². The number of rotatable bonds is 7. The number of hydrogen-bond acceptors (Lipinski definition) is 8. The molecule has 34 heavy (non-hydrogen) atoms. The van der Waals surface area contributed by atoms with E-state index in [1.54, 1.807) is 18.5 Å². The summed E-state index contributed by atoms with van der Waals surface area (Å²) in [5.74, 6) is 0.488. The molecule has 0 saturated heterocycles. The van der Waals surface area contributed by atoms with Crippen LogP contribution in [0.1, 0.15) is 46.9 Å². The fourth-order valence-electron chi connectivity index (χ4n) is 4.16. The van der Waals surface area contributed by atoms with Crippen molar-refractivity contribution in [1.29, 1.82) is 0 Å². The second-order valence-electron chi connectivity index (χ2n) is 8.98. The molecule has 1 aliphatic rings. The number of carbonyl (C=O) groups is 1. The lowest BCUT2D eigenvalue weighted by atomic mass is 9.98. The molecule has 1 atom stereocenters. The summed E-state index contributed by atoms with van der Waals surface area (Å²) >= 11 is 7.97. The van der Waals surface area contributed by atoms with Gasteiger partial charge >= 0.3 is 0 Å². The van der Waals surface area contributed by atoms with E-state index in [1.807, 2.05) is 26.8 Å². The molecule has 4 aromatic rings. The predicted molar refractivity (Wildman–Crippen MR) is 134 cm³/mol. The van der Waals surface area contributed by atoms with Crippen LogP contribution in [0.2, 0.25) is 5.02 Å². The van der Waals surface area contributed by atoms with Crippen molar-refractivity contribution < 1.29 is 9.90 Å². The molecule has 0 aliphatic heterocycles. The molecule has 1 saturated carbocycles. The van der Waals surface area contributed by atoms with Crippen LogP contribution in [0.25, 0.3) is 20.4 Å². The quantitative estimate of drug-likeness (QED) is 0.347. The summed E-state index contributed by atoms with van der Waals surface area (Å²) in [7, 11) is 0. The smallest absolute Gasteiger partial charge is 0.253 e. The molecule has 3 aromatic heterocycles. The molecule has 0 spiro atoms. The highest BCUT2D eigenvalue weighted by atomic mass is 35.5. The van der Waals surface area contributed by atoms with E-state index in [1.165, 1.54) is 11.3 Å². The number of nitrogens with zero attached hydrogens (tertiary/aromatic N) is 4. The van der Waals surface area contributed by atoms with E-state index >= 15 is 0 Å². The Morgan fingerprint density at radius 2 is 2.06 bits per heavy atom. The largest absolute Gasteiger partial charge is 0.396 e. The van der Waals surface area contributed by atoms with Gasteiger partial charge in [-0.05, 0) is 56.9 Å². The zero-order valence-electron chi connectivity index (χ0n) is 19.1. The Kier molecular flexibility index (Phi) is 5.87. The Morgan fingerprint density at radius 3 is 2.76 bits per heavy atom. The van der Waals surface area contributed by atoms with Gasteiger partial charge in [-0.1, -0.05) is 17.7 Å². The fraction of sp³-hybridized carbons (Fsp3) is 0.375. The second-order valence-corrected chi connectivity index (χ2v) is 10.4. The van der Waals surface area contributed by atoms with Gasteiger partial charge in [0.15, 0.2) is 0 Å². The third-order valence-electron chi connectivity index (χ3n) is 6.87. The zero-order valence-corrected chi connectivity index (χ0v) is 20.7. The van der Waals surface area contributed by atoms with Crippen LogP contribution in [0.15, 0.2) is 24.5 Å². The Balaban J connectivity index is 1.33. The average Bonchev–Trinajstić information content (AvgIpc) is 3.54. The van der Waals surface area contributed by atoms with Crippen LogP contribution in [0.4, 0.5) is 5.82 Å². The van der Waals surface area contributed by atoms with Gasteiger partial charge in [-0.25, -0.2) is 9.97 Å². The molecule has 0 bridgehead atoms. The number of amides is 1. The maximum Gasteiger partial charge on any atom is 0.253 e. The first-order chi connectivity index (χ1) is 16.3. The van der Waals surface area contributed by atoms with Crippen molar-refractivity contribution in [3.05, 3.63) is 51.9 Å². The third kappa shape index (κ3) is 3.97. The van der Waals surface area contributed by atoms with Gasteiger partial charge in [-0.3, -0.25) is 4.79 Å². The van der Waals surface area contributed by atoms with Crippen LogP contribution < -0.4 is 10.6 Å². The number of hydrogen-bond donors (Lipinski definition) is 3. The number of aromatic nitrogens is 4. The summed E-state index contributed by atoms with van der Waals surface area (Å²) in [6.45, 7) is 6.46. The van der Waals surface area contributed by atoms with Crippen LogP contribution in [0.5, 0.6) is 0 Å². The molecular weight excluding hydrogens is 472 g/mol. The predicted octanol–water partition coefficient (Wildman–Crippen LogP) is 4.41. The molecule has 1 aromatic carbocycles. The minimum Gasteiger partial charge on any atom is -0.396 e. The van der Waals surface area contributed by atoms with Crippen molar-refractivity contribution in [2.24, 2.45) is 5.41 Å². The van der Waals surface area contributed by atoms with Gasteiger partial charge in [0, 0.05) is 23.4 Å². The van der Waals surface area contributed by atoms with Gasteiger partial charge in [-0.15, -0.1) is 16.4 Å². The molecular formula is C24H25ClN6O2S. The molecule has 176 valence electrons. The average molecular weight is 497 g/mol. The highest BCUT2D eigenvalue weighted by molar-refractivity contribution is 7.25. The van der Waals surface area contributed by atoms with E-state index in [4.69, 9.17) is 11.6 Å². The minimum atomic E-state index is -0.230. The van der Waals surface area contributed by atoms with Gasteiger partial charge in [0.05, 0.1) is 33.1 Å². The Bertz CT molecular complexity index is 1420. The van der Waals surface area contributed by atoms with E-state index in [0.29, 0.717) is 17.1 Å². The Hall–Kier alpha value is -2.88. The number of thiophene rings is 1. The topological polar surface area (TPSA) is 113 Å². The van der Waals surface area contributed by atoms with Crippen molar-refractivity contribution in [3.8, 4) is 0 Å². The van der Waals surface area contributed by atoms with Crippen molar-refractivity contribution in [1.82, 2.24) is 25.5 Å². The van der Waals surface area contributed by atoms with E-state index in [2.05, 4.69) is 30.8 Å². The van der Waals surface area contributed by atoms with Gasteiger partial charge in [0.1, 0.15) is 17.0 Å². The van der Waals surface area contributed by atoms with Gasteiger partial charge < -0.3 is 15.7 Å². The standard InChI is InChI=1S/C24H25ClN6O2S/c1-12-13(2)30-31-23-18(12)19-20(34-23)21(28-11-27-19)26-9-15-4-5-16(17(25)8-15)22(33)29-14(3)24(10-32)6-7-24/h4-5,8,11,14,32H,6-7,9-10H2,1-3H3,(H,29,33)(H,26,27,28). The molecule has 8 nitrogen and oxygen atoms in total. The SMILES string of the molecule is Cc1nnc2sc3c(NCc4ccc(C(=O)NC(C)C5(CO)CC5)c(Cl)c4)ncnc3c2c1C. The Morgan fingerprint density at radius 1 is 1.26 bits per heavy atom. The summed E-state index contributed by atoms with van der Waals surface area (Å²) in [6.07, 6.45) is 3.39. The van der Waals surface area contributed by atoms with Crippen molar-refractivity contribution in [2.45, 2.75) is 46.2 Å². The lowest BCUT2D eigenvalue weighted by Crippen LogP contribution is -2.40. The lowest BCUT2D eigenvalue weighted by molar-refractivity contribution is 0.0900. The van der Waals surface area contributed by atoms with E-state index in [-0.39, 0.29) is 24.0 Å². The summed E-state index contributed by atoms with van der Waals surface area (Å²) in [5, 5.41) is 25.9. The number of benzene rings is 1. The number of aryl methyl sites for hydroxylation is 2. The molecule has 1 amide bonds. The third-order valence-corrected chi connectivity index (χ3v) is 8.26. The van der Waals surface area contributed by atoms with Crippen LogP contribution >= 0.6 is 22.9 Å². The molecule has 0 radical (unpaired) electrons. The van der Waals surface area contributed by atoms with Crippen molar-refractivity contribution >= 4 is 55.1 Å². The second kappa shape index (κ2) is 8.72. The highest BCUT2D eigenvalue weighted by Gasteiger charge is 2.47. The summed E-state index contributed by atoms with van der Waals surface area (Å²) in [6, 6.07) is 5.28. The lowest BCUT2D eigenvalue weighted by Gasteiger charge is -2.22. The van der Waals surface area contributed by atoms with E-state index in [9.17, 15) is 9.90 Å². The first-order valence-electron chi connectivity index (χ1n) is 11.1. The van der Waals surface area contributed by atoms with Crippen LogP contribution in [-0.2, 0) is 6.54 Å². The molecule has 1 aliphatic carbocycles. The molecule has 10 heteroatoms. The van der Waals surface area contributed by atoms with Crippen molar-refractivity contribution in [3.63, 3.8) is 0 Å². The summed E-state index contributed by atoms with van der Waals surface area (Å²) < 4.78 is 0.925. The molecule has 3 heterocycles. The zero-order chi connectivity index (χ0) is 24.0. The number of carbonyl (C=O) groups excluding carboxylic acids is 1. The number of fused-ring (bicyclic) bond motifs is 3. The molecule has 1 unspecified atom stereocenters. The normalized spacial score (nSPS) is 15.4. The Labute approximate surface area is 205 Å². The van der Waals surface area contributed by atoms with E-state index < -0.39 is 0 Å². The van der Waals surface area contributed by atoms with Crippen LogP contribution in [0.3, 0.4) is 0 Å². The van der Waals surface area contributed by atoms with Gasteiger partial charge in [0.2, 0.25) is 0 Å². The highest BCUT2D eigenvalue weighted by Crippen LogP contribution is 2.48. The molecule has 3 N–H and O–H groups in total.